The van der Waals surface area contributed by atoms with E-state index < -0.39 is 29.4 Å². The molecular weight excluding hydrogens is 533 g/mol. The number of carbonyl (C=O) groups is 2. The van der Waals surface area contributed by atoms with E-state index in [0.717, 1.165) is 22.3 Å². The second-order valence-corrected chi connectivity index (χ2v) is 9.42. The van der Waals surface area contributed by atoms with Gasteiger partial charge in [0, 0.05) is 10.4 Å². The zero-order valence-electron chi connectivity index (χ0n) is 20.0. The van der Waals surface area contributed by atoms with Gasteiger partial charge in [-0.2, -0.15) is 18.3 Å². The Morgan fingerprint density at radius 2 is 1.95 bits per heavy atom. The number of nitrogens with one attached hydrogen (secondary N) is 1. The molecule has 3 heterocycles. The number of fused-ring (bicyclic) bond motifs is 1. The van der Waals surface area contributed by atoms with Gasteiger partial charge in [-0.25, -0.2) is 14.3 Å². The Morgan fingerprint density at radius 1 is 1.22 bits per heavy atom. The van der Waals surface area contributed by atoms with Gasteiger partial charge in [-0.1, -0.05) is 23.7 Å². The van der Waals surface area contributed by atoms with E-state index in [1.165, 1.54) is 13.2 Å². The number of halogens is 4. The molecule has 1 aromatic carbocycles. The number of hydrogen-bond donors (Lipinski definition) is 1. The minimum Gasteiger partial charge on any atom is -0.497 e. The molecule has 4 aromatic rings. The molecule has 0 atom stereocenters. The van der Waals surface area contributed by atoms with Gasteiger partial charge in [-0.15, -0.1) is 11.3 Å². The molecule has 0 saturated heterocycles. The molecule has 0 aliphatic rings. The van der Waals surface area contributed by atoms with Gasteiger partial charge in [-0.3, -0.25) is 4.79 Å². The van der Waals surface area contributed by atoms with Crippen molar-refractivity contribution in [2.24, 2.45) is 0 Å². The van der Waals surface area contributed by atoms with Gasteiger partial charge in [0.25, 0.3) is 5.91 Å². The summed E-state index contributed by atoms with van der Waals surface area (Å²) in [6.45, 7) is 5.23. The predicted octanol–water partition coefficient (Wildman–Crippen LogP) is 6.18. The standard InChI is InChI=1S/C24H20ClF3N4O4S/c1-5-36-23(34)17-11(2)12(3)37-22(17)30-21(33)19-18(25)20-29-15(13-7-6-8-14(9-13)35-4)10-16(24(26,27)28)32(20)31-19/h6-10H,5H2,1-4H3,(H,30,33). The Hall–Kier alpha value is -3.64. The van der Waals surface area contributed by atoms with Crippen molar-refractivity contribution >= 4 is 45.5 Å². The van der Waals surface area contributed by atoms with Crippen molar-refractivity contribution in [1.29, 1.82) is 0 Å². The van der Waals surface area contributed by atoms with E-state index in [2.05, 4.69) is 15.4 Å². The first-order chi connectivity index (χ1) is 17.5. The summed E-state index contributed by atoms with van der Waals surface area (Å²) >= 11 is 7.48. The summed E-state index contributed by atoms with van der Waals surface area (Å²) in [6.07, 6.45) is -4.84. The smallest absolute Gasteiger partial charge is 0.433 e. The van der Waals surface area contributed by atoms with Crippen LogP contribution in [0.1, 0.15) is 43.9 Å². The van der Waals surface area contributed by atoms with Crippen LogP contribution in [0.2, 0.25) is 5.02 Å². The third-order valence-corrected chi connectivity index (χ3v) is 6.97. The predicted molar refractivity (Wildman–Crippen MR) is 133 cm³/mol. The molecule has 0 bridgehead atoms. The number of alkyl halides is 3. The number of nitrogens with zero attached hydrogens (tertiary/aromatic N) is 3. The molecule has 0 unspecified atom stereocenters. The van der Waals surface area contributed by atoms with Crippen molar-refractivity contribution in [2.45, 2.75) is 26.9 Å². The number of esters is 1. The van der Waals surface area contributed by atoms with Crippen molar-refractivity contribution < 1.29 is 32.2 Å². The van der Waals surface area contributed by atoms with Crippen molar-refractivity contribution in [3.63, 3.8) is 0 Å². The molecule has 1 N–H and O–H groups in total. The van der Waals surface area contributed by atoms with Crippen molar-refractivity contribution in [3.8, 4) is 17.0 Å². The number of aryl methyl sites for hydroxylation is 1. The second-order valence-electron chi connectivity index (χ2n) is 7.82. The third kappa shape index (κ3) is 4.98. The second kappa shape index (κ2) is 10.0. The summed E-state index contributed by atoms with van der Waals surface area (Å²) in [4.78, 5) is 30.6. The number of thiophene rings is 1. The minimum atomic E-state index is -4.84. The van der Waals surface area contributed by atoms with Gasteiger partial charge < -0.3 is 14.8 Å². The highest BCUT2D eigenvalue weighted by molar-refractivity contribution is 7.16. The van der Waals surface area contributed by atoms with Crippen LogP contribution in [-0.2, 0) is 10.9 Å². The maximum Gasteiger partial charge on any atom is 0.433 e. The van der Waals surface area contributed by atoms with E-state index in [0.29, 0.717) is 21.4 Å². The van der Waals surface area contributed by atoms with E-state index in [4.69, 9.17) is 21.1 Å². The van der Waals surface area contributed by atoms with Gasteiger partial charge >= 0.3 is 12.1 Å². The van der Waals surface area contributed by atoms with Crippen LogP contribution in [0.5, 0.6) is 5.75 Å². The Kier molecular flexibility index (Phi) is 7.16. The normalized spacial score (nSPS) is 11.6. The lowest BCUT2D eigenvalue weighted by atomic mass is 10.1. The number of aromatic nitrogens is 3. The van der Waals surface area contributed by atoms with Crippen LogP contribution in [0, 0.1) is 13.8 Å². The average molecular weight is 553 g/mol. The lowest BCUT2D eigenvalue weighted by Gasteiger charge is -2.11. The molecule has 0 radical (unpaired) electrons. The number of amides is 1. The molecule has 4 rings (SSSR count). The molecule has 37 heavy (non-hydrogen) atoms. The molecule has 0 saturated carbocycles. The molecule has 13 heteroatoms. The van der Waals surface area contributed by atoms with Gasteiger partial charge in [0.15, 0.2) is 17.0 Å². The fourth-order valence-corrected chi connectivity index (χ4v) is 4.88. The molecule has 0 aliphatic carbocycles. The van der Waals surface area contributed by atoms with Crippen LogP contribution >= 0.6 is 22.9 Å². The average Bonchev–Trinajstić information content (AvgIpc) is 3.33. The summed E-state index contributed by atoms with van der Waals surface area (Å²) in [6, 6.07) is 7.15. The fourth-order valence-electron chi connectivity index (χ4n) is 3.60. The molecule has 3 aromatic heterocycles. The van der Waals surface area contributed by atoms with E-state index in [1.54, 1.807) is 39.0 Å². The van der Waals surface area contributed by atoms with Crippen LogP contribution in [0.15, 0.2) is 30.3 Å². The summed E-state index contributed by atoms with van der Waals surface area (Å²) in [5.74, 6) is -1.12. The highest BCUT2D eigenvalue weighted by Gasteiger charge is 2.37. The van der Waals surface area contributed by atoms with Crippen molar-refractivity contribution in [3.05, 3.63) is 62.7 Å². The first kappa shape index (κ1) is 26.4. The quantitative estimate of drug-likeness (QED) is 0.287. The number of rotatable bonds is 6. The Labute approximate surface area is 218 Å². The van der Waals surface area contributed by atoms with E-state index in [9.17, 15) is 22.8 Å². The highest BCUT2D eigenvalue weighted by atomic mass is 35.5. The molecule has 0 aliphatic heterocycles. The zero-order chi connectivity index (χ0) is 27.1. The number of methoxy groups -OCH3 is 1. The maximum atomic E-state index is 14.0. The van der Waals surface area contributed by atoms with Gasteiger partial charge in [0.1, 0.15) is 15.8 Å². The number of hydrogen-bond acceptors (Lipinski definition) is 7. The highest BCUT2D eigenvalue weighted by Crippen LogP contribution is 2.37. The number of ether oxygens (including phenoxy) is 2. The Bertz CT molecular complexity index is 1530. The van der Waals surface area contributed by atoms with Crippen LogP contribution < -0.4 is 10.1 Å². The first-order valence-electron chi connectivity index (χ1n) is 10.9. The number of anilines is 1. The van der Waals surface area contributed by atoms with Crippen LogP contribution in [0.3, 0.4) is 0 Å². The maximum absolute atomic E-state index is 14.0. The lowest BCUT2D eigenvalue weighted by molar-refractivity contribution is -0.142. The first-order valence-corrected chi connectivity index (χ1v) is 12.0. The van der Waals surface area contributed by atoms with Crippen LogP contribution in [0.4, 0.5) is 18.2 Å². The van der Waals surface area contributed by atoms with Gasteiger partial charge in [0.2, 0.25) is 0 Å². The van der Waals surface area contributed by atoms with Crippen molar-refractivity contribution in [1.82, 2.24) is 14.6 Å². The SMILES string of the molecule is CCOC(=O)c1c(NC(=O)c2nn3c(C(F)(F)F)cc(-c4cccc(OC)c4)nc3c2Cl)sc(C)c1C. The van der Waals surface area contributed by atoms with Crippen molar-refractivity contribution in [2.75, 3.05) is 19.0 Å². The molecule has 0 fully saturated rings. The van der Waals surface area contributed by atoms with E-state index in [1.807, 2.05) is 0 Å². The number of benzene rings is 1. The Morgan fingerprint density at radius 3 is 2.59 bits per heavy atom. The van der Waals surface area contributed by atoms with Crippen LogP contribution in [0.25, 0.3) is 16.9 Å². The summed E-state index contributed by atoms with van der Waals surface area (Å²) in [5.41, 5.74) is -0.937. The summed E-state index contributed by atoms with van der Waals surface area (Å²) in [5, 5.41) is 6.17. The molecule has 194 valence electrons. The minimum absolute atomic E-state index is 0.0402. The largest absolute Gasteiger partial charge is 0.497 e. The molecule has 8 nitrogen and oxygen atoms in total. The zero-order valence-corrected chi connectivity index (χ0v) is 21.6. The van der Waals surface area contributed by atoms with E-state index in [-0.39, 0.29) is 33.5 Å². The molecule has 0 spiro atoms. The third-order valence-electron chi connectivity index (χ3n) is 5.50. The Balaban J connectivity index is 1.82. The number of carbonyl (C=O) groups excluding carboxylic acids is 2. The van der Waals surface area contributed by atoms with Gasteiger partial charge in [0.05, 0.1) is 25.0 Å². The van der Waals surface area contributed by atoms with Gasteiger partial charge in [-0.05, 0) is 44.5 Å². The lowest BCUT2D eigenvalue weighted by Crippen LogP contribution is -2.17. The van der Waals surface area contributed by atoms with E-state index >= 15 is 0 Å². The van der Waals surface area contributed by atoms with Crippen LogP contribution in [-0.4, -0.2) is 40.2 Å². The fraction of sp³-hybridized carbons (Fsp3) is 0.250. The summed E-state index contributed by atoms with van der Waals surface area (Å²) in [7, 11) is 1.43. The monoisotopic (exact) mass is 552 g/mol. The topological polar surface area (TPSA) is 94.8 Å². The molecule has 1 amide bonds. The summed E-state index contributed by atoms with van der Waals surface area (Å²) < 4.78 is 52.7. The molecular formula is C24H20ClF3N4O4S.